The number of hydrogen-bond acceptors (Lipinski definition) is 7. The molecule has 3 rings (SSSR count). The van der Waals surface area contributed by atoms with Crippen LogP contribution in [0.4, 0.5) is 26.6 Å². The Morgan fingerprint density at radius 3 is 2.47 bits per heavy atom. The standard InChI is InChI=1S/C22H29FN6O3/c1-22(2,3)32-21(31)26-12-14-8-10-29(11-9-14)19-17(23)13-25-20(28-19)27-16-6-4-15(5-7-16)18(24)30/h4-7,13-14H,8-12H2,1-3H3,(H2,24,30)(H,26,31)(H,25,27,28). The van der Waals surface area contributed by atoms with Gasteiger partial charge in [0, 0.05) is 30.9 Å². The van der Waals surface area contributed by atoms with Gasteiger partial charge in [0.05, 0.1) is 6.20 Å². The molecule has 0 bridgehead atoms. The van der Waals surface area contributed by atoms with Crippen molar-refractivity contribution in [3.63, 3.8) is 0 Å². The van der Waals surface area contributed by atoms with E-state index < -0.39 is 23.4 Å². The summed E-state index contributed by atoms with van der Waals surface area (Å²) < 4.78 is 19.7. The second kappa shape index (κ2) is 9.80. The van der Waals surface area contributed by atoms with Crippen LogP contribution in [0, 0.1) is 11.7 Å². The maximum absolute atomic E-state index is 14.4. The van der Waals surface area contributed by atoms with E-state index in [0.717, 1.165) is 19.0 Å². The Bertz CT molecular complexity index is 953. The number of benzene rings is 1. The van der Waals surface area contributed by atoms with E-state index in [1.807, 2.05) is 25.7 Å². The van der Waals surface area contributed by atoms with Gasteiger partial charge in [0.15, 0.2) is 11.6 Å². The lowest BCUT2D eigenvalue weighted by Crippen LogP contribution is -2.40. The van der Waals surface area contributed by atoms with Gasteiger partial charge < -0.3 is 26.0 Å². The Hall–Kier alpha value is -3.43. The van der Waals surface area contributed by atoms with Gasteiger partial charge in [-0.25, -0.2) is 14.2 Å². The van der Waals surface area contributed by atoms with E-state index in [0.29, 0.717) is 30.9 Å². The predicted octanol–water partition coefficient (Wildman–Crippen LogP) is 3.20. The van der Waals surface area contributed by atoms with Gasteiger partial charge in [-0.05, 0) is 63.8 Å². The molecule has 1 saturated heterocycles. The molecule has 0 unspecified atom stereocenters. The van der Waals surface area contributed by atoms with Crippen LogP contribution in [-0.2, 0) is 4.74 Å². The van der Waals surface area contributed by atoms with Crippen LogP contribution in [0.5, 0.6) is 0 Å². The molecule has 0 atom stereocenters. The van der Waals surface area contributed by atoms with E-state index in [-0.39, 0.29) is 17.7 Å². The number of alkyl carbamates (subject to hydrolysis) is 1. The highest BCUT2D eigenvalue weighted by molar-refractivity contribution is 5.93. The number of hydrogen-bond donors (Lipinski definition) is 3. The number of nitrogens with two attached hydrogens (primary N) is 1. The Morgan fingerprint density at radius 2 is 1.88 bits per heavy atom. The Kier molecular flexibility index (Phi) is 7.12. The summed E-state index contributed by atoms with van der Waals surface area (Å²) in [5.41, 5.74) is 5.75. The lowest BCUT2D eigenvalue weighted by atomic mass is 9.97. The molecule has 0 saturated carbocycles. The molecule has 4 N–H and O–H groups in total. The minimum Gasteiger partial charge on any atom is -0.444 e. The highest BCUT2D eigenvalue weighted by Gasteiger charge is 2.24. The van der Waals surface area contributed by atoms with Gasteiger partial charge in [0.2, 0.25) is 11.9 Å². The number of halogens is 1. The highest BCUT2D eigenvalue weighted by Crippen LogP contribution is 2.25. The lowest BCUT2D eigenvalue weighted by molar-refractivity contribution is 0.0516. The third-order valence-corrected chi connectivity index (χ3v) is 5.00. The molecule has 1 aromatic carbocycles. The zero-order valence-corrected chi connectivity index (χ0v) is 18.5. The molecule has 1 aliphatic heterocycles. The van der Waals surface area contributed by atoms with E-state index in [4.69, 9.17) is 10.5 Å². The van der Waals surface area contributed by atoms with Crippen molar-refractivity contribution in [3.8, 4) is 0 Å². The Balaban J connectivity index is 1.56. The van der Waals surface area contributed by atoms with Gasteiger partial charge in [0.25, 0.3) is 0 Å². The largest absolute Gasteiger partial charge is 0.444 e. The van der Waals surface area contributed by atoms with E-state index in [1.165, 1.54) is 0 Å². The second-order valence-electron chi connectivity index (χ2n) is 8.74. The van der Waals surface area contributed by atoms with E-state index in [9.17, 15) is 14.0 Å². The van der Waals surface area contributed by atoms with Crippen LogP contribution in [0.25, 0.3) is 0 Å². The van der Waals surface area contributed by atoms with E-state index in [2.05, 4.69) is 20.6 Å². The van der Waals surface area contributed by atoms with Crippen LogP contribution in [-0.4, -0.2) is 47.2 Å². The average molecular weight is 445 g/mol. The quantitative estimate of drug-likeness (QED) is 0.625. The maximum atomic E-state index is 14.4. The molecule has 1 fully saturated rings. The molecule has 2 heterocycles. The van der Waals surface area contributed by atoms with Crippen LogP contribution in [0.2, 0.25) is 0 Å². The highest BCUT2D eigenvalue weighted by atomic mass is 19.1. The third-order valence-electron chi connectivity index (χ3n) is 5.00. The van der Waals surface area contributed by atoms with Gasteiger partial charge in [0.1, 0.15) is 5.60 Å². The molecular formula is C22H29FN6O3. The van der Waals surface area contributed by atoms with E-state index in [1.54, 1.807) is 24.3 Å². The zero-order chi connectivity index (χ0) is 23.3. The van der Waals surface area contributed by atoms with Crippen LogP contribution in [0.3, 0.4) is 0 Å². The molecular weight excluding hydrogens is 415 g/mol. The number of ether oxygens (including phenoxy) is 1. The first-order valence-electron chi connectivity index (χ1n) is 10.5. The summed E-state index contributed by atoms with van der Waals surface area (Å²) in [5.74, 6) is -0.242. The number of aromatic nitrogens is 2. The monoisotopic (exact) mass is 444 g/mol. The SMILES string of the molecule is CC(C)(C)OC(=O)NCC1CCN(c2nc(Nc3ccc(C(N)=O)cc3)ncc2F)CC1. The second-order valence-corrected chi connectivity index (χ2v) is 8.74. The number of carbonyl (C=O) groups is 2. The number of nitrogens with one attached hydrogen (secondary N) is 2. The summed E-state index contributed by atoms with van der Waals surface area (Å²) in [7, 11) is 0. The number of piperidine rings is 1. The Morgan fingerprint density at radius 1 is 1.22 bits per heavy atom. The molecule has 0 radical (unpaired) electrons. The summed E-state index contributed by atoms with van der Waals surface area (Å²) >= 11 is 0. The molecule has 10 heteroatoms. The molecule has 9 nitrogen and oxygen atoms in total. The molecule has 1 aliphatic rings. The van der Waals surface area contributed by atoms with Gasteiger partial charge in [-0.2, -0.15) is 4.98 Å². The molecule has 0 spiro atoms. The van der Waals surface area contributed by atoms with E-state index >= 15 is 0 Å². The normalized spacial score (nSPS) is 14.7. The summed E-state index contributed by atoms with van der Waals surface area (Å²) in [6, 6.07) is 6.53. The zero-order valence-electron chi connectivity index (χ0n) is 18.5. The number of carbonyl (C=O) groups excluding carboxylic acids is 2. The van der Waals surface area contributed by atoms with Crippen molar-refractivity contribution in [2.75, 3.05) is 29.9 Å². The fourth-order valence-corrected chi connectivity index (χ4v) is 3.38. The number of amides is 2. The van der Waals surface area contributed by atoms with Crippen LogP contribution >= 0.6 is 0 Å². The van der Waals surface area contributed by atoms with Crippen molar-refractivity contribution in [2.24, 2.45) is 11.7 Å². The van der Waals surface area contributed by atoms with Crippen molar-refractivity contribution in [2.45, 2.75) is 39.2 Å². The van der Waals surface area contributed by atoms with Crippen molar-refractivity contribution >= 4 is 29.5 Å². The van der Waals surface area contributed by atoms with Gasteiger partial charge in [-0.15, -0.1) is 0 Å². The molecule has 2 amide bonds. The Labute approximate surface area is 186 Å². The van der Waals surface area contributed by atoms with Gasteiger partial charge in [-0.3, -0.25) is 4.79 Å². The number of primary amides is 1. The molecule has 32 heavy (non-hydrogen) atoms. The molecule has 172 valence electrons. The van der Waals surface area contributed by atoms with Gasteiger partial charge >= 0.3 is 6.09 Å². The molecule has 2 aromatic rings. The van der Waals surface area contributed by atoms with Gasteiger partial charge in [-0.1, -0.05) is 0 Å². The first kappa shape index (κ1) is 23.2. The van der Waals surface area contributed by atoms with Crippen LogP contribution in [0.1, 0.15) is 44.0 Å². The minimum atomic E-state index is -0.534. The number of anilines is 3. The smallest absolute Gasteiger partial charge is 0.407 e. The maximum Gasteiger partial charge on any atom is 0.407 e. The minimum absolute atomic E-state index is 0.231. The summed E-state index contributed by atoms with van der Waals surface area (Å²) in [6.07, 6.45) is 2.28. The predicted molar refractivity (Wildman–Crippen MR) is 119 cm³/mol. The molecule has 0 aliphatic carbocycles. The first-order valence-corrected chi connectivity index (χ1v) is 10.5. The lowest BCUT2D eigenvalue weighted by Gasteiger charge is -2.33. The van der Waals surface area contributed by atoms with Crippen molar-refractivity contribution < 1.29 is 18.7 Å². The summed E-state index contributed by atoms with van der Waals surface area (Å²) in [6.45, 7) is 7.20. The topological polar surface area (TPSA) is 122 Å². The van der Waals surface area contributed by atoms with Crippen molar-refractivity contribution in [1.82, 2.24) is 15.3 Å². The number of nitrogens with zero attached hydrogens (tertiary/aromatic N) is 3. The summed E-state index contributed by atoms with van der Waals surface area (Å²) in [4.78, 5) is 33.2. The van der Waals surface area contributed by atoms with Crippen molar-refractivity contribution in [3.05, 3.63) is 41.8 Å². The average Bonchev–Trinajstić information content (AvgIpc) is 2.73. The van der Waals surface area contributed by atoms with Crippen molar-refractivity contribution in [1.29, 1.82) is 0 Å². The van der Waals surface area contributed by atoms with Crippen LogP contribution in [0.15, 0.2) is 30.5 Å². The third kappa shape index (κ3) is 6.53. The first-order chi connectivity index (χ1) is 15.1. The summed E-state index contributed by atoms with van der Waals surface area (Å²) in [5, 5.41) is 5.81. The van der Waals surface area contributed by atoms with Crippen LogP contribution < -0.4 is 21.3 Å². The number of rotatable bonds is 6. The molecule has 1 aromatic heterocycles. The fourth-order valence-electron chi connectivity index (χ4n) is 3.38. The fraction of sp³-hybridized carbons (Fsp3) is 0.455.